The molecule has 2 aromatic carbocycles. The first-order valence-electron chi connectivity index (χ1n) is 9.02. The predicted octanol–water partition coefficient (Wildman–Crippen LogP) is 2.66. The van der Waals surface area contributed by atoms with Crippen molar-refractivity contribution in [1.82, 2.24) is 4.98 Å². The summed E-state index contributed by atoms with van der Waals surface area (Å²) >= 11 is 0. The molecule has 0 saturated carbocycles. The molecule has 0 spiro atoms. The van der Waals surface area contributed by atoms with Crippen LogP contribution in [-0.2, 0) is 10.0 Å². The standard InChI is InChI=1S/C20H21FN4O2S/c1-14-13-18(15-5-4-6-16(21)20(15)23-14)25-11-9-24(10-12-25)17-7-2-3-8-19(17)28(22,26)27/h2-8,13H,9-12H2,1H3,(H2,22,26,27). The van der Waals surface area contributed by atoms with Gasteiger partial charge in [-0.05, 0) is 31.2 Å². The number of hydrogen-bond donors (Lipinski definition) is 1. The van der Waals surface area contributed by atoms with E-state index in [1.54, 1.807) is 24.3 Å². The molecule has 8 heteroatoms. The second kappa shape index (κ2) is 7.03. The molecule has 0 bridgehead atoms. The number of anilines is 2. The molecule has 6 nitrogen and oxygen atoms in total. The summed E-state index contributed by atoms with van der Waals surface area (Å²) in [5, 5.41) is 6.15. The summed E-state index contributed by atoms with van der Waals surface area (Å²) in [7, 11) is -3.79. The van der Waals surface area contributed by atoms with E-state index >= 15 is 0 Å². The Hall–Kier alpha value is -2.71. The number of rotatable bonds is 3. The molecule has 0 amide bonds. The summed E-state index contributed by atoms with van der Waals surface area (Å²) in [6.07, 6.45) is 0. The number of fused-ring (bicyclic) bond motifs is 1. The fourth-order valence-corrected chi connectivity index (χ4v) is 4.49. The summed E-state index contributed by atoms with van der Waals surface area (Å²) in [5.41, 5.74) is 2.70. The highest BCUT2D eigenvalue weighted by molar-refractivity contribution is 7.89. The van der Waals surface area contributed by atoms with Gasteiger partial charge in [0, 0.05) is 42.9 Å². The summed E-state index contributed by atoms with van der Waals surface area (Å²) < 4.78 is 38.0. The van der Waals surface area contributed by atoms with Gasteiger partial charge in [0.15, 0.2) is 0 Å². The summed E-state index contributed by atoms with van der Waals surface area (Å²) in [4.78, 5) is 8.68. The number of hydrogen-bond acceptors (Lipinski definition) is 5. The molecule has 2 heterocycles. The van der Waals surface area contributed by atoms with Crippen LogP contribution in [0.1, 0.15) is 5.69 Å². The van der Waals surface area contributed by atoms with E-state index in [0.717, 1.165) is 16.8 Å². The van der Waals surface area contributed by atoms with Gasteiger partial charge in [-0.15, -0.1) is 0 Å². The third-order valence-corrected chi connectivity index (χ3v) is 5.99. The highest BCUT2D eigenvalue weighted by Gasteiger charge is 2.24. The Kier molecular flexibility index (Phi) is 4.68. The molecule has 2 N–H and O–H groups in total. The summed E-state index contributed by atoms with van der Waals surface area (Å²) in [5.74, 6) is -0.330. The number of pyridine rings is 1. The molecule has 0 radical (unpaired) electrons. The lowest BCUT2D eigenvalue weighted by molar-refractivity contribution is 0.595. The average Bonchev–Trinajstić information content (AvgIpc) is 2.68. The molecule has 28 heavy (non-hydrogen) atoms. The van der Waals surface area contributed by atoms with Crippen LogP contribution in [0.4, 0.5) is 15.8 Å². The van der Waals surface area contributed by atoms with Crippen LogP contribution in [0.5, 0.6) is 0 Å². The Balaban J connectivity index is 1.63. The fourth-order valence-electron chi connectivity index (χ4n) is 3.73. The van der Waals surface area contributed by atoms with Crippen molar-refractivity contribution >= 4 is 32.3 Å². The first-order valence-corrected chi connectivity index (χ1v) is 10.6. The number of halogens is 1. The molecule has 1 fully saturated rings. The van der Waals surface area contributed by atoms with Crippen LogP contribution in [0.25, 0.3) is 10.9 Å². The molecule has 1 saturated heterocycles. The van der Waals surface area contributed by atoms with Crippen molar-refractivity contribution in [3.05, 3.63) is 60.0 Å². The number of nitrogens with two attached hydrogens (primary N) is 1. The van der Waals surface area contributed by atoms with E-state index in [0.29, 0.717) is 37.4 Å². The van der Waals surface area contributed by atoms with Gasteiger partial charge in [-0.2, -0.15) is 0 Å². The van der Waals surface area contributed by atoms with E-state index in [2.05, 4.69) is 9.88 Å². The third-order valence-electron chi connectivity index (χ3n) is 5.03. The molecular weight excluding hydrogens is 379 g/mol. The fraction of sp³-hybridized carbons (Fsp3) is 0.250. The molecule has 4 rings (SSSR count). The highest BCUT2D eigenvalue weighted by Crippen LogP contribution is 2.31. The number of aromatic nitrogens is 1. The van der Waals surface area contributed by atoms with Crippen LogP contribution >= 0.6 is 0 Å². The van der Waals surface area contributed by atoms with Crippen molar-refractivity contribution in [1.29, 1.82) is 0 Å². The van der Waals surface area contributed by atoms with Gasteiger partial charge in [0.1, 0.15) is 16.2 Å². The second-order valence-electron chi connectivity index (χ2n) is 6.91. The Morgan fingerprint density at radius 1 is 0.964 bits per heavy atom. The Morgan fingerprint density at radius 2 is 1.61 bits per heavy atom. The molecular formula is C20H21FN4O2S. The van der Waals surface area contributed by atoms with Gasteiger partial charge in [-0.25, -0.2) is 22.9 Å². The zero-order valence-electron chi connectivity index (χ0n) is 15.5. The highest BCUT2D eigenvalue weighted by atomic mass is 32.2. The minimum atomic E-state index is -3.79. The zero-order valence-corrected chi connectivity index (χ0v) is 16.3. The third kappa shape index (κ3) is 3.41. The van der Waals surface area contributed by atoms with Gasteiger partial charge in [0.25, 0.3) is 0 Å². The maximum absolute atomic E-state index is 14.2. The lowest BCUT2D eigenvalue weighted by Gasteiger charge is -2.38. The van der Waals surface area contributed by atoms with E-state index < -0.39 is 10.0 Å². The number of aryl methyl sites for hydroxylation is 1. The molecule has 146 valence electrons. The predicted molar refractivity (Wildman–Crippen MR) is 109 cm³/mol. The van der Waals surface area contributed by atoms with Gasteiger partial charge >= 0.3 is 0 Å². The smallest absolute Gasteiger partial charge is 0.240 e. The minimum absolute atomic E-state index is 0.135. The normalized spacial score (nSPS) is 15.2. The van der Waals surface area contributed by atoms with Crippen molar-refractivity contribution in [3.8, 4) is 0 Å². The van der Waals surface area contributed by atoms with Crippen LogP contribution in [0.3, 0.4) is 0 Å². The van der Waals surface area contributed by atoms with E-state index in [1.165, 1.54) is 12.1 Å². The Labute approximate surface area is 163 Å². The maximum atomic E-state index is 14.2. The molecule has 1 aliphatic rings. The topological polar surface area (TPSA) is 79.5 Å². The van der Waals surface area contributed by atoms with E-state index in [9.17, 15) is 12.8 Å². The van der Waals surface area contributed by atoms with E-state index in [1.807, 2.05) is 24.0 Å². The van der Waals surface area contributed by atoms with Gasteiger partial charge in [0.05, 0.1) is 5.69 Å². The number of para-hydroxylation sites is 2. The summed E-state index contributed by atoms with van der Waals surface area (Å²) in [6, 6.07) is 13.7. The van der Waals surface area contributed by atoms with Crippen molar-refractivity contribution in [3.63, 3.8) is 0 Å². The number of nitrogens with zero attached hydrogens (tertiary/aromatic N) is 3. The van der Waals surface area contributed by atoms with E-state index in [4.69, 9.17) is 5.14 Å². The maximum Gasteiger partial charge on any atom is 0.240 e. The van der Waals surface area contributed by atoms with Crippen molar-refractivity contribution in [2.24, 2.45) is 5.14 Å². The van der Waals surface area contributed by atoms with Crippen LogP contribution in [0.15, 0.2) is 53.4 Å². The number of piperazine rings is 1. The number of sulfonamides is 1. The molecule has 3 aromatic rings. The summed E-state index contributed by atoms with van der Waals surface area (Å²) in [6.45, 7) is 4.46. The van der Waals surface area contributed by atoms with Crippen LogP contribution in [0.2, 0.25) is 0 Å². The largest absolute Gasteiger partial charge is 0.367 e. The Morgan fingerprint density at radius 3 is 2.29 bits per heavy atom. The average molecular weight is 400 g/mol. The monoisotopic (exact) mass is 400 g/mol. The first-order chi connectivity index (χ1) is 13.3. The van der Waals surface area contributed by atoms with Gasteiger partial charge < -0.3 is 9.80 Å². The van der Waals surface area contributed by atoms with Crippen molar-refractivity contribution in [2.75, 3.05) is 36.0 Å². The molecule has 0 unspecified atom stereocenters. The second-order valence-corrected chi connectivity index (χ2v) is 8.44. The van der Waals surface area contributed by atoms with E-state index in [-0.39, 0.29) is 10.7 Å². The van der Waals surface area contributed by atoms with Gasteiger partial charge in [0.2, 0.25) is 10.0 Å². The zero-order chi connectivity index (χ0) is 19.9. The van der Waals surface area contributed by atoms with Crippen molar-refractivity contribution < 1.29 is 12.8 Å². The lowest BCUT2D eigenvalue weighted by Crippen LogP contribution is -2.47. The number of benzene rings is 2. The van der Waals surface area contributed by atoms with Crippen LogP contribution in [0, 0.1) is 12.7 Å². The lowest BCUT2D eigenvalue weighted by atomic mass is 10.1. The molecule has 1 aromatic heterocycles. The quantitative estimate of drug-likeness (QED) is 0.731. The van der Waals surface area contributed by atoms with Gasteiger partial charge in [-0.3, -0.25) is 0 Å². The SMILES string of the molecule is Cc1cc(N2CCN(c3ccccc3S(N)(=O)=O)CC2)c2cccc(F)c2n1. The van der Waals surface area contributed by atoms with Gasteiger partial charge in [-0.1, -0.05) is 24.3 Å². The Bertz CT molecular complexity index is 1140. The minimum Gasteiger partial charge on any atom is -0.367 e. The molecule has 1 aliphatic heterocycles. The van der Waals surface area contributed by atoms with Crippen LogP contribution in [-0.4, -0.2) is 39.6 Å². The van der Waals surface area contributed by atoms with Crippen LogP contribution < -0.4 is 14.9 Å². The molecule has 0 atom stereocenters. The molecule has 0 aliphatic carbocycles. The number of primary sulfonamides is 1. The first kappa shape index (κ1) is 18.6. The van der Waals surface area contributed by atoms with Crippen molar-refractivity contribution in [2.45, 2.75) is 11.8 Å².